The quantitative estimate of drug-likeness (QED) is 0.505. The summed E-state index contributed by atoms with van der Waals surface area (Å²) in [5.41, 5.74) is 0. The van der Waals surface area contributed by atoms with Crippen LogP contribution in [0.2, 0.25) is 0 Å². The zero-order valence-corrected chi connectivity index (χ0v) is 5.06. The molecule has 52 valence electrons. The first-order valence-corrected chi connectivity index (χ1v) is 2.60. The third-order valence-electron chi connectivity index (χ3n) is 0.951. The van der Waals surface area contributed by atoms with Crippen molar-refractivity contribution in [2.45, 2.75) is 0 Å². The number of hydrogen-bond donors (Lipinski definition) is 0. The van der Waals surface area contributed by atoms with Gasteiger partial charge in [-0.1, -0.05) is 0 Å². The Morgan fingerprint density at radius 1 is 1.50 bits per heavy atom. The van der Waals surface area contributed by atoms with Gasteiger partial charge >= 0.3 is 0 Å². The van der Waals surface area contributed by atoms with Gasteiger partial charge in [-0.3, -0.25) is 14.5 Å². The molecule has 0 fully saturated rings. The molecular formula is C6H5NO3. The number of rotatable bonds is 2. The van der Waals surface area contributed by atoms with Crippen molar-refractivity contribution < 1.29 is 14.3 Å². The van der Waals surface area contributed by atoms with Crippen molar-refractivity contribution in [2.75, 3.05) is 0 Å². The standard InChI is InChI=1S/C6H5NO3/c8-4-6-3-7(5-9)1-2-10-6/h1-5H. The molecule has 0 radical (unpaired) electrons. The zero-order chi connectivity index (χ0) is 7.40. The number of aldehydes is 1. The summed E-state index contributed by atoms with van der Waals surface area (Å²) in [4.78, 5) is 21.3. The fraction of sp³-hybridized carbons (Fsp3) is 0. The lowest BCUT2D eigenvalue weighted by Gasteiger charge is -2.11. The number of amides is 1. The molecule has 1 amide bonds. The van der Waals surface area contributed by atoms with Gasteiger partial charge in [-0.15, -0.1) is 0 Å². The Balaban J connectivity index is 2.71. The molecule has 1 heterocycles. The van der Waals surface area contributed by atoms with Crippen LogP contribution in [0.5, 0.6) is 0 Å². The molecule has 4 heteroatoms. The molecular weight excluding hydrogens is 134 g/mol. The summed E-state index contributed by atoms with van der Waals surface area (Å²) in [6, 6.07) is 0. The highest BCUT2D eigenvalue weighted by Crippen LogP contribution is 2.03. The van der Waals surface area contributed by atoms with Crippen molar-refractivity contribution in [3.8, 4) is 0 Å². The first-order valence-electron chi connectivity index (χ1n) is 2.60. The van der Waals surface area contributed by atoms with Gasteiger partial charge in [0.15, 0.2) is 12.0 Å². The number of carbonyl (C=O) groups is 2. The highest BCUT2D eigenvalue weighted by molar-refractivity contribution is 5.71. The number of hydrogen-bond acceptors (Lipinski definition) is 3. The molecule has 0 aliphatic carbocycles. The van der Waals surface area contributed by atoms with Crippen molar-refractivity contribution in [3.05, 3.63) is 24.4 Å². The normalized spacial score (nSPS) is 15.6. The monoisotopic (exact) mass is 139 g/mol. The van der Waals surface area contributed by atoms with Gasteiger partial charge < -0.3 is 4.74 Å². The molecule has 0 aromatic heterocycles. The number of ether oxygens (including phenoxy) is 1. The Bertz CT molecular complexity index is 207. The van der Waals surface area contributed by atoms with E-state index >= 15 is 0 Å². The molecule has 0 saturated heterocycles. The molecule has 10 heavy (non-hydrogen) atoms. The Morgan fingerprint density at radius 2 is 2.30 bits per heavy atom. The summed E-state index contributed by atoms with van der Waals surface area (Å²) in [5.74, 6) is 0.120. The summed E-state index contributed by atoms with van der Waals surface area (Å²) in [6.45, 7) is 0. The Hall–Kier alpha value is -1.58. The van der Waals surface area contributed by atoms with Gasteiger partial charge in [0.1, 0.15) is 6.26 Å². The Labute approximate surface area is 57.4 Å². The Kier molecular flexibility index (Phi) is 1.84. The second kappa shape index (κ2) is 2.82. The third kappa shape index (κ3) is 1.22. The average Bonchev–Trinajstić information content (AvgIpc) is 2.05. The van der Waals surface area contributed by atoms with Crippen LogP contribution in [0.1, 0.15) is 0 Å². The topological polar surface area (TPSA) is 46.6 Å². The summed E-state index contributed by atoms with van der Waals surface area (Å²) in [5, 5.41) is 0. The summed E-state index contributed by atoms with van der Waals surface area (Å²) < 4.78 is 4.67. The maximum Gasteiger partial charge on any atom is 0.217 e. The fourth-order valence-corrected chi connectivity index (χ4v) is 0.523. The van der Waals surface area contributed by atoms with Gasteiger partial charge in [0, 0.05) is 6.20 Å². The maximum absolute atomic E-state index is 10.1. The fourth-order valence-electron chi connectivity index (χ4n) is 0.523. The molecule has 1 aliphatic rings. The van der Waals surface area contributed by atoms with Gasteiger partial charge in [0.25, 0.3) is 0 Å². The summed E-state index contributed by atoms with van der Waals surface area (Å²) >= 11 is 0. The first-order chi connectivity index (χ1) is 4.86. The van der Waals surface area contributed by atoms with E-state index in [2.05, 4.69) is 4.74 Å². The maximum atomic E-state index is 10.1. The molecule has 0 aromatic carbocycles. The van der Waals surface area contributed by atoms with E-state index in [-0.39, 0.29) is 5.76 Å². The summed E-state index contributed by atoms with van der Waals surface area (Å²) in [7, 11) is 0. The molecule has 0 bridgehead atoms. The van der Waals surface area contributed by atoms with E-state index in [0.717, 1.165) is 0 Å². The van der Waals surface area contributed by atoms with Crippen LogP contribution in [0.3, 0.4) is 0 Å². The second-order valence-corrected chi connectivity index (χ2v) is 1.60. The molecule has 1 rings (SSSR count). The highest BCUT2D eigenvalue weighted by Gasteiger charge is 2.02. The largest absolute Gasteiger partial charge is 0.458 e. The average molecular weight is 139 g/mol. The van der Waals surface area contributed by atoms with Crippen LogP contribution in [-0.2, 0) is 14.3 Å². The van der Waals surface area contributed by atoms with Crippen LogP contribution in [0.25, 0.3) is 0 Å². The lowest BCUT2D eigenvalue weighted by Crippen LogP contribution is -2.11. The van der Waals surface area contributed by atoms with E-state index in [0.29, 0.717) is 12.7 Å². The first kappa shape index (κ1) is 6.54. The van der Waals surface area contributed by atoms with Gasteiger partial charge in [-0.05, 0) is 0 Å². The lowest BCUT2D eigenvalue weighted by atomic mass is 10.5. The molecule has 0 unspecified atom stereocenters. The van der Waals surface area contributed by atoms with E-state index in [4.69, 9.17) is 0 Å². The van der Waals surface area contributed by atoms with Crippen LogP contribution in [0, 0.1) is 0 Å². The van der Waals surface area contributed by atoms with Crippen molar-refractivity contribution in [1.82, 2.24) is 4.90 Å². The molecule has 0 saturated carbocycles. The molecule has 1 aliphatic heterocycles. The van der Waals surface area contributed by atoms with E-state index in [1.807, 2.05) is 0 Å². The third-order valence-corrected chi connectivity index (χ3v) is 0.951. The van der Waals surface area contributed by atoms with E-state index in [1.54, 1.807) is 0 Å². The molecule has 0 spiro atoms. The van der Waals surface area contributed by atoms with E-state index < -0.39 is 0 Å². The van der Waals surface area contributed by atoms with Crippen LogP contribution >= 0.6 is 0 Å². The number of allylic oxidation sites excluding steroid dienone is 1. The Morgan fingerprint density at radius 3 is 2.90 bits per heavy atom. The van der Waals surface area contributed by atoms with Crippen LogP contribution < -0.4 is 0 Å². The van der Waals surface area contributed by atoms with Crippen LogP contribution in [-0.4, -0.2) is 17.6 Å². The van der Waals surface area contributed by atoms with Gasteiger partial charge in [-0.2, -0.15) is 0 Å². The van der Waals surface area contributed by atoms with Gasteiger partial charge in [0.2, 0.25) is 6.41 Å². The van der Waals surface area contributed by atoms with E-state index in [1.165, 1.54) is 23.6 Å². The zero-order valence-electron chi connectivity index (χ0n) is 5.06. The number of carbonyl (C=O) groups excluding carboxylic acids is 2. The molecule has 0 aromatic rings. The molecule has 4 nitrogen and oxygen atoms in total. The predicted octanol–water partition coefficient (Wildman–Crippen LogP) is -0.0135. The smallest absolute Gasteiger partial charge is 0.217 e. The van der Waals surface area contributed by atoms with Crippen molar-refractivity contribution in [3.63, 3.8) is 0 Å². The van der Waals surface area contributed by atoms with Crippen molar-refractivity contribution in [2.24, 2.45) is 0 Å². The lowest BCUT2D eigenvalue weighted by molar-refractivity contribution is -0.114. The van der Waals surface area contributed by atoms with Gasteiger partial charge in [0.05, 0.1) is 6.20 Å². The van der Waals surface area contributed by atoms with Crippen LogP contribution in [0.4, 0.5) is 0 Å². The van der Waals surface area contributed by atoms with Gasteiger partial charge in [-0.25, -0.2) is 0 Å². The van der Waals surface area contributed by atoms with Crippen LogP contribution in [0.15, 0.2) is 24.4 Å². The summed E-state index contributed by atoms with van der Waals surface area (Å²) in [6.07, 6.45) is 5.06. The SMILES string of the molecule is O=CC1=CN(C=O)C=CO1. The van der Waals surface area contributed by atoms with Crippen molar-refractivity contribution >= 4 is 12.7 Å². The molecule has 0 atom stereocenters. The highest BCUT2D eigenvalue weighted by atomic mass is 16.5. The van der Waals surface area contributed by atoms with Crippen molar-refractivity contribution in [1.29, 1.82) is 0 Å². The predicted molar refractivity (Wildman–Crippen MR) is 32.3 cm³/mol. The second-order valence-electron chi connectivity index (χ2n) is 1.60. The minimum Gasteiger partial charge on any atom is -0.458 e. The minimum absolute atomic E-state index is 0.120. The number of nitrogens with zero attached hydrogens (tertiary/aromatic N) is 1. The minimum atomic E-state index is 0.120. The molecule has 0 N–H and O–H groups in total. The van der Waals surface area contributed by atoms with E-state index in [9.17, 15) is 9.59 Å².